The largest absolute Gasteiger partial charge is 0.468 e. The number of methoxy groups -OCH3 is 1. The van der Waals surface area contributed by atoms with Gasteiger partial charge in [0, 0.05) is 13.1 Å². The van der Waals surface area contributed by atoms with E-state index in [2.05, 4.69) is 48.7 Å². The third-order valence-electron chi connectivity index (χ3n) is 4.48. The second-order valence-corrected chi connectivity index (χ2v) is 7.39. The van der Waals surface area contributed by atoms with E-state index >= 15 is 0 Å². The molecule has 3 N–H and O–H groups in total. The SMILES string of the molecule is CN.COC(=O)CNC(=O)CN1CCN(C)C(CC(C)C)C1=O.Cc1ccccc1. The normalized spacial score (nSPS) is 16.1. The second-order valence-electron chi connectivity index (χ2n) is 7.39. The summed E-state index contributed by atoms with van der Waals surface area (Å²) in [6, 6.07) is 10.1. The number of rotatable bonds is 6. The molecule has 2 amide bonds. The van der Waals surface area contributed by atoms with Crippen LogP contribution in [0.1, 0.15) is 25.8 Å². The van der Waals surface area contributed by atoms with Crippen LogP contribution < -0.4 is 11.1 Å². The number of carbonyl (C=O) groups excluding carboxylic acids is 3. The van der Waals surface area contributed by atoms with Crippen LogP contribution in [0, 0.1) is 12.8 Å². The summed E-state index contributed by atoms with van der Waals surface area (Å²) < 4.78 is 4.45. The molecule has 8 nitrogen and oxygen atoms in total. The van der Waals surface area contributed by atoms with Gasteiger partial charge >= 0.3 is 5.97 Å². The molecule has 0 aliphatic carbocycles. The molecule has 0 spiro atoms. The fraction of sp³-hybridized carbons (Fsp3) is 0.591. The Kier molecular flexibility index (Phi) is 14.1. The first-order valence-electron chi connectivity index (χ1n) is 10.2. The summed E-state index contributed by atoms with van der Waals surface area (Å²) in [7, 11) is 4.69. The van der Waals surface area contributed by atoms with Gasteiger partial charge in [0.15, 0.2) is 0 Å². The van der Waals surface area contributed by atoms with Gasteiger partial charge in [-0.05, 0) is 33.4 Å². The smallest absolute Gasteiger partial charge is 0.325 e. The predicted molar refractivity (Wildman–Crippen MR) is 119 cm³/mol. The molecule has 1 unspecified atom stereocenters. The van der Waals surface area contributed by atoms with Crippen molar-refractivity contribution < 1.29 is 19.1 Å². The molecule has 0 bridgehead atoms. The summed E-state index contributed by atoms with van der Waals surface area (Å²) in [4.78, 5) is 38.7. The number of aryl methyl sites for hydroxylation is 1. The number of piperazine rings is 1. The highest BCUT2D eigenvalue weighted by Gasteiger charge is 2.33. The number of likely N-dealkylation sites (N-methyl/N-ethyl adjacent to an activating group) is 1. The first kappa shape index (κ1) is 27.5. The number of hydrogen-bond donors (Lipinski definition) is 2. The molecule has 1 aliphatic rings. The topological polar surface area (TPSA) is 105 Å². The van der Waals surface area contributed by atoms with E-state index in [0.717, 1.165) is 13.0 Å². The Hall–Kier alpha value is -2.45. The lowest BCUT2D eigenvalue weighted by Gasteiger charge is -2.39. The van der Waals surface area contributed by atoms with Crippen molar-refractivity contribution in [1.82, 2.24) is 15.1 Å². The maximum atomic E-state index is 12.4. The molecule has 1 aromatic carbocycles. The molecule has 30 heavy (non-hydrogen) atoms. The number of nitrogens with two attached hydrogens (primary N) is 1. The van der Waals surface area contributed by atoms with Crippen molar-refractivity contribution in [3.05, 3.63) is 35.9 Å². The Balaban J connectivity index is 0.000000775. The summed E-state index contributed by atoms with van der Waals surface area (Å²) in [6.45, 7) is 7.31. The fourth-order valence-corrected chi connectivity index (χ4v) is 2.83. The number of hydrogen-bond acceptors (Lipinski definition) is 6. The molecular weight excluding hydrogens is 384 g/mol. The predicted octanol–water partition coefficient (Wildman–Crippen LogP) is 1.03. The molecule has 1 aromatic rings. The van der Waals surface area contributed by atoms with E-state index in [4.69, 9.17) is 0 Å². The van der Waals surface area contributed by atoms with Crippen LogP contribution >= 0.6 is 0 Å². The van der Waals surface area contributed by atoms with Gasteiger partial charge < -0.3 is 20.7 Å². The van der Waals surface area contributed by atoms with E-state index in [0.29, 0.717) is 12.5 Å². The zero-order valence-corrected chi connectivity index (χ0v) is 19.2. The lowest BCUT2D eigenvalue weighted by Crippen LogP contribution is -2.57. The Bertz CT molecular complexity index is 637. The highest BCUT2D eigenvalue weighted by atomic mass is 16.5. The zero-order chi connectivity index (χ0) is 23.1. The van der Waals surface area contributed by atoms with Crippen LogP contribution in [0.5, 0.6) is 0 Å². The molecule has 0 saturated carbocycles. The molecule has 0 radical (unpaired) electrons. The molecule has 1 aliphatic heterocycles. The summed E-state index contributed by atoms with van der Waals surface area (Å²) >= 11 is 0. The van der Waals surface area contributed by atoms with E-state index in [1.54, 1.807) is 4.90 Å². The van der Waals surface area contributed by atoms with Gasteiger partial charge in [0.05, 0.1) is 19.7 Å². The van der Waals surface area contributed by atoms with Crippen molar-refractivity contribution in [3.63, 3.8) is 0 Å². The van der Waals surface area contributed by atoms with Gasteiger partial charge in [-0.15, -0.1) is 0 Å². The van der Waals surface area contributed by atoms with Gasteiger partial charge in [-0.25, -0.2) is 0 Å². The first-order chi connectivity index (χ1) is 14.2. The van der Waals surface area contributed by atoms with Crippen LogP contribution in [0.4, 0.5) is 0 Å². The van der Waals surface area contributed by atoms with E-state index < -0.39 is 5.97 Å². The number of ether oxygens (including phenoxy) is 1. The molecule has 1 heterocycles. The van der Waals surface area contributed by atoms with Crippen molar-refractivity contribution in [2.24, 2.45) is 11.7 Å². The maximum Gasteiger partial charge on any atom is 0.325 e. The van der Waals surface area contributed by atoms with E-state index in [1.807, 2.05) is 30.1 Å². The standard InChI is InChI=1S/C14H25N3O4.C7H8.CH5N/c1-10(2)7-11-14(20)17(6-5-16(11)3)9-12(18)15-8-13(19)21-4;1-7-5-3-2-4-6-7;1-2/h10-11H,5-9H2,1-4H3,(H,15,18);2-6H,1H3;2H2,1H3. The van der Waals surface area contributed by atoms with Crippen molar-refractivity contribution in [2.45, 2.75) is 33.2 Å². The van der Waals surface area contributed by atoms with Gasteiger partial charge in [0.25, 0.3) is 0 Å². The van der Waals surface area contributed by atoms with Crippen LogP contribution in [0.2, 0.25) is 0 Å². The van der Waals surface area contributed by atoms with Crippen molar-refractivity contribution in [2.75, 3.05) is 47.4 Å². The Morgan fingerprint density at radius 1 is 1.20 bits per heavy atom. The lowest BCUT2D eigenvalue weighted by molar-refractivity contribution is -0.145. The van der Waals surface area contributed by atoms with Gasteiger partial charge in [0.2, 0.25) is 11.8 Å². The highest BCUT2D eigenvalue weighted by Crippen LogP contribution is 2.16. The summed E-state index contributed by atoms with van der Waals surface area (Å²) in [5, 5.41) is 2.45. The van der Waals surface area contributed by atoms with Gasteiger partial charge in [-0.3, -0.25) is 19.3 Å². The third-order valence-corrected chi connectivity index (χ3v) is 4.48. The van der Waals surface area contributed by atoms with Crippen molar-refractivity contribution >= 4 is 17.8 Å². The monoisotopic (exact) mass is 422 g/mol. The second kappa shape index (κ2) is 15.4. The number of esters is 1. The van der Waals surface area contributed by atoms with Gasteiger partial charge in [-0.2, -0.15) is 0 Å². The third kappa shape index (κ3) is 10.9. The minimum Gasteiger partial charge on any atom is -0.468 e. The van der Waals surface area contributed by atoms with Gasteiger partial charge in [0.1, 0.15) is 6.54 Å². The molecule has 0 aromatic heterocycles. The van der Waals surface area contributed by atoms with Crippen LogP contribution in [-0.4, -0.2) is 81.0 Å². The molecule has 170 valence electrons. The zero-order valence-electron chi connectivity index (χ0n) is 19.2. The quantitative estimate of drug-likeness (QED) is 0.664. The molecule has 1 atom stereocenters. The summed E-state index contributed by atoms with van der Waals surface area (Å²) in [5.41, 5.74) is 5.82. The minimum atomic E-state index is -0.509. The highest BCUT2D eigenvalue weighted by molar-refractivity contribution is 5.89. The van der Waals surface area contributed by atoms with E-state index in [1.165, 1.54) is 19.7 Å². The van der Waals surface area contributed by atoms with Crippen LogP contribution in [0.15, 0.2) is 30.3 Å². The average Bonchev–Trinajstić information content (AvgIpc) is 2.73. The van der Waals surface area contributed by atoms with Crippen LogP contribution in [0.3, 0.4) is 0 Å². The first-order valence-corrected chi connectivity index (χ1v) is 10.2. The molecule has 1 saturated heterocycles. The lowest BCUT2D eigenvalue weighted by atomic mass is 10.00. The van der Waals surface area contributed by atoms with Crippen molar-refractivity contribution in [3.8, 4) is 0 Å². The molecular formula is C22H38N4O4. The summed E-state index contributed by atoms with van der Waals surface area (Å²) in [5.74, 6) is -0.465. The van der Waals surface area contributed by atoms with Crippen LogP contribution in [-0.2, 0) is 19.1 Å². The Morgan fingerprint density at radius 3 is 2.27 bits per heavy atom. The molecule has 8 heteroatoms. The minimum absolute atomic E-state index is 0.0156. The fourth-order valence-electron chi connectivity index (χ4n) is 2.83. The molecule has 2 rings (SSSR count). The van der Waals surface area contributed by atoms with Crippen LogP contribution in [0.25, 0.3) is 0 Å². The number of amides is 2. The van der Waals surface area contributed by atoms with E-state index in [-0.39, 0.29) is 30.9 Å². The van der Waals surface area contributed by atoms with E-state index in [9.17, 15) is 14.4 Å². The maximum absolute atomic E-state index is 12.4. The number of nitrogens with zero attached hydrogens (tertiary/aromatic N) is 2. The Morgan fingerprint density at radius 2 is 1.80 bits per heavy atom. The van der Waals surface area contributed by atoms with Crippen molar-refractivity contribution in [1.29, 1.82) is 0 Å². The number of carbonyl (C=O) groups is 3. The van der Waals surface area contributed by atoms with Gasteiger partial charge in [-0.1, -0.05) is 49.7 Å². The Labute approximate surface area is 180 Å². The number of benzene rings is 1. The summed E-state index contributed by atoms with van der Waals surface area (Å²) in [6.07, 6.45) is 0.773. The number of nitrogens with one attached hydrogen (secondary N) is 1. The average molecular weight is 423 g/mol. The molecule has 1 fully saturated rings.